The van der Waals surface area contributed by atoms with Gasteiger partial charge in [-0.3, -0.25) is 4.57 Å². The SMILES string of the molecule is CC(C)C(CNC(=O)n1ccnc1)C(C)C. The van der Waals surface area contributed by atoms with Gasteiger partial charge in [0.1, 0.15) is 6.33 Å². The molecule has 0 bridgehead atoms. The van der Waals surface area contributed by atoms with Crippen LogP contribution in [0.2, 0.25) is 0 Å². The van der Waals surface area contributed by atoms with Crippen LogP contribution in [0.15, 0.2) is 18.7 Å². The van der Waals surface area contributed by atoms with Gasteiger partial charge in [0.05, 0.1) is 0 Å². The van der Waals surface area contributed by atoms with E-state index in [-0.39, 0.29) is 6.03 Å². The highest BCUT2D eigenvalue weighted by Crippen LogP contribution is 2.19. The van der Waals surface area contributed by atoms with E-state index in [0.29, 0.717) is 24.3 Å². The summed E-state index contributed by atoms with van der Waals surface area (Å²) in [6, 6.07) is -0.108. The van der Waals surface area contributed by atoms with Crippen molar-refractivity contribution in [1.82, 2.24) is 14.9 Å². The van der Waals surface area contributed by atoms with Crippen LogP contribution in [0.25, 0.3) is 0 Å². The molecule has 0 aromatic carbocycles. The van der Waals surface area contributed by atoms with Crippen molar-refractivity contribution in [2.45, 2.75) is 27.7 Å². The Morgan fingerprint density at radius 2 is 1.94 bits per heavy atom. The lowest BCUT2D eigenvalue weighted by Gasteiger charge is -2.24. The van der Waals surface area contributed by atoms with E-state index in [1.54, 1.807) is 12.4 Å². The molecule has 90 valence electrons. The zero-order valence-electron chi connectivity index (χ0n) is 10.5. The van der Waals surface area contributed by atoms with E-state index in [0.717, 1.165) is 0 Å². The lowest BCUT2D eigenvalue weighted by molar-refractivity contribution is 0.230. The van der Waals surface area contributed by atoms with E-state index in [1.165, 1.54) is 10.9 Å². The number of amides is 1. The zero-order valence-corrected chi connectivity index (χ0v) is 10.5. The lowest BCUT2D eigenvalue weighted by atomic mass is 9.85. The predicted octanol–water partition coefficient (Wildman–Crippen LogP) is 2.37. The van der Waals surface area contributed by atoms with Crippen LogP contribution in [-0.4, -0.2) is 22.1 Å². The van der Waals surface area contributed by atoms with Crippen LogP contribution >= 0.6 is 0 Å². The first-order valence-corrected chi connectivity index (χ1v) is 5.78. The van der Waals surface area contributed by atoms with Crippen molar-refractivity contribution in [2.24, 2.45) is 17.8 Å². The number of nitrogens with one attached hydrogen (secondary N) is 1. The van der Waals surface area contributed by atoms with Gasteiger partial charge in [-0.15, -0.1) is 0 Å². The van der Waals surface area contributed by atoms with Crippen molar-refractivity contribution in [3.8, 4) is 0 Å². The number of carbonyl (C=O) groups excluding carboxylic acids is 1. The van der Waals surface area contributed by atoms with Crippen molar-refractivity contribution in [3.63, 3.8) is 0 Å². The minimum Gasteiger partial charge on any atom is -0.337 e. The number of rotatable bonds is 4. The topological polar surface area (TPSA) is 46.9 Å². The molecule has 1 heterocycles. The Bertz CT molecular complexity index is 309. The maximum atomic E-state index is 11.7. The van der Waals surface area contributed by atoms with Crippen LogP contribution in [0.5, 0.6) is 0 Å². The molecule has 0 aliphatic carbocycles. The third-order valence-electron chi connectivity index (χ3n) is 2.94. The van der Waals surface area contributed by atoms with E-state index >= 15 is 0 Å². The normalized spacial score (nSPS) is 11.4. The standard InChI is InChI=1S/C12H21N3O/c1-9(2)11(10(3)4)7-14-12(16)15-6-5-13-8-15/h5-6,8-11H,7H2,1-4H3,(H,14,16). The Balaban J connectivity index is 2.47. The van der Waals surface area contributed by atoms with Gasteiger partial charge in [0, 0.05) is 18.9 Å². The van der Waals surface area contributed by atoms with Gasteiger partial charge in [0.15, 0.2) is 0 Å². The van der Waals surface area contributed by atoms with Gasteiger partial charge in [0.25, 0.3) is 0 Å². The second kappa shape index (κ2) is 5.68. The summed E-state index contributed by atoms with van der Waals surface area (Å²) in [7, 11) is 0. The van der Waals surface area contributed by atoms with Crippen molar-refractivity contribution < 1.29 is 4.79 Å². The smallest absolute Gasteiger partial charge is 0.326 e. The van der Waals surface area contributed by atoms with Crippen molar-refractivity contribution in [1.29, 1.82) is 0 Å². The Morgan fingerprint density at radius 3 is 2.38 bits per heavy atom. The summed E-state index contributed by atoms with van der Waals surface area (Å²) in [6.07, 6.45) is 4.76. The first-order valence-electron chi connectivity index (χ1n) is 5.78. The van der Waals surface area contributed by atoms with E-state index in [2.05, 4.69) is 38.0 Å². The van der Waals surface area contributed by atoms with Gasteiger partial charge < -0.3 is 5.32 Å². The van der Waals surface area contributed by atoms with Crippen molar-refractivity contribution in [2.75, 3.05) is 6.54 Å². The first-order chi connectivity index (χ1) is 7.52. The predicted molar refractivity (Wildman–Crippen MR) is 64.2 cm³/mol. The van der Waals surface area contributed by atoms with Crippen LogP contribution in [0.1, 0.15) is 27.7 Å². The second-order valence-electron chi connectivity index (χ2n) is 4.81. The molecular weight excluding hydrogens is 202 g/mol. The molecule has 0 fully saturated rings. The van der Waals surface area contributed by atoms with Gasteiger partial charge in [0.2, 0.25) is 0 Å². The summed E-state index contributed by atoms with van der Waals surface area (Å²) in [5.41, 5.74) is 0. The third kappa shape index (κ3) is 3.36. The average Bonchev–Trinajstić information content (AvgIpc) is 2.69. The van der Waals surface area contributed by atoms with Crippen LogP contribution in [0, 0.1) is 17.8 Å². The summed E-state index contributed by atoms with van der Waals surface area (Å²) in [6.45, 7) is 9.47. The fourth-order valence-corrected chi connectivity index (χ4v) is 1.92. The highest BCUT2D eigenvalue weighted by molar-refractivity contribution is 5.76. The molecule has 0 aliphatic heterocycles. The molecule has 1 rings (SSSR count). The van der Waals surface area contributed by atoms with Gasteiger partial charge in [-0.05, 0) is 17.8 Å². The number of imidazole rings is 1. The zero-order chi connectivity index (χ0) is 12.1. The Hall–Kier alpha value is -1.32. The van der Waals surface area contributed by atoms with Crippen molar-refractivity contribution >= 4 is 6.03 Å². The molecule has 4 nitrogen and oxygen atoms in total. The Kier molecular flexibility index (Phi) is 4.52. The summed E-state index contributed by atoms with van der Waals surface area (Å²) >= 11 is 0. The first kappa shape index (κ1) is 12.7. The third-order valence-corrected chi connectivity index (χ3v) is 2.94. The number of nitrogens with zero attached hydrogens (tertiary/aromatic N) is 2. The van der Waals surface area contributed by atoms with E-state index in [1.807, 2.05) is 0 Å². The minimum atomic E-state index is -0.108. The molecule has 1 N–H and O–H groups in total. The number of aromatic nitrogens is 2. The monoisotopic (exact) mass is 223 g/mol. The fraction of sp³-hybridized carbons (Fsp3) is 0.667. The molecule has 1 aromatic heterocycles. The maximum absolute atomic E-state index is 11.7. The Labute approximate surface area is 97.1 Å². The van der Waals surface area contributed by atoms with Crippen LogP contribution in [-0.2, 0) is 0 Å². The van der Waals surface area contributed by atoms with Crippen LogP contribution in [0.4, 0.5) is 4.79 Å². The summed E-state index contributed by atoms with van der Waals surface area (Å²) in [5.74, 6) is 1.65. The van der Waals surface area contributed by atoms with Crippen LogP contribution in [0.3, 0.4) is 0 Å². The number of hydrogen-bond donors (Lipinski definition) is 1. The molecule has 0 radical (unpaired) electrons. The van der Waals surface area contributed by atoms with Crippen LogP contribution < -0.4 is 5.32 Å². The molecular formula is C12H21N3O. The molecule has 0 spiro atoms. The number of hydrogen-bond acceptors (Lipinski definition) is 2. The summed E-state index contributed by atoms with van der Waals surface area (Å²) in [4.78, 5) is 15.5. The fourth-order valence-electron chi connectivity index (χ4n) is 1.92. The molecule has 16 heavy (non-hydrogen) atoms. The van der Waals surface area contributed by atoms with E-state index < -0.39 is 0 Å². The van der Waals surface area contributed by atoms with Gasteiger partial charge in [-0.2, -0.15) is 0 Å². The average molecular weight is 223 g/mol. The largest absolute Gasteiger partial charge is 0.337 e. The van der Waals surface area contributed by atoms with Gasteiger partial charge in [-0.25, -0.2) is 9.78 Å². The quantitative estimate of drug-likeness (QED) is 0.851. The minimum absolute atomic E-state index is 0.108. The van der Waals surface area contributed by atoms with E-state index in [4.69, 9.17) is 0 Å². The highest BCUT2D eigenvalue weighted by atomic mass is 16.2. The Morgan fingerprint density at radius 1 is 1.31 bits per heavy atom. The molecule has 0 atom stereocenters. The number of carbonyl (C=O) groups is 1. The molecule has 0 aliphatic rings. The maximum Gasteiger partial charge on any atom is 0.326 e. The van der Waals surface area contributed by atoms with E-state index in [9.17, 15) is 4.79 Å². The molecule has 0 unspecified atom stereocenters. The lowest BCUT2D eigenvalue weighted by Crippen LogP contribution is -2.35. The summed E-state index contributed by atoms with van der Waals surface area (Å²) in [5, 5.41) is 2.93. The van der Waals surface area contributed by atoms with Gasteiger partial charge >= 0.3 is 6.03 Å². The molecule has 0 saturated carbocycles. The molecule has 0 saturated heterocycles. The highest BCUT2D eigenvalue weighted by Gasteiger charge is 2.18. The van der Waals surface area contributed by atoms with Gasteiger partial charge in [-0.1, -0.05) is 27.7 Å². The molecule has 4 heteroatoms. The molecule has 1 amide bonds. The second-order valence-corrected chi connectivity index (χ2v) is 4.81. The van der Waals surface area contributed by atoms with Crippen molar-refractivity contribution in [3.05, 3.63) is 18.7 Å². The molecule has 1 aromatic rings. The summed E-state index contributed by atoms with van der Waals surface area (Å²) < 4.78 is 1.46.